The van der Waals surface area contributed by atoms with Crippen LogP contribution >= 0.6 is 11.8 Å². The fraction of sp³-hybridized carbons (Fsp3) is 0.438. The topological polar surface area (TPSA) is 110 Å². The Kier molecular flexibility index (Phi) is 4.85. The minimum Gasteiger partial charge on any atom is -0.465 e. The molecular formula is C16H14F3N5O5S. The molecule has 0 bridgehead atoms. The highest BCUT2D eigenvalue weighted by atomic mass is 32.2. The second-order valence-corrected chi connectivity index (χ2v) is 7.42. The molecule has 1 saturated heterocycles. The van der Waals surface area contributed by atoms with Crippen LogP contribution in [-0.4, -0.2) is 72.2 Å². The number of morpholine rings is 1. The summed E-state index contributed by atoms with van der Waals surface area (Å²) in [6.45, 7) is 1.00. The Hall–Kier alpha value is -2.87. The number of nitro benzene ring substituents is 1. The van der Waals surface area contributed by atoms with Crippen molar-refractivity contribution in [3.63, 3.8) is 0 Å². The molecule has 3 aliphatic rings. The van der Waals surface area contributed by atoms with Gasteiger partial charge in [-0.2, -0.15) is 13.2 Å². The summed E-state index contributed by atoms with van der Waals surface area (Å²) in [6.07, 6.45) is -5.17. The van der Waals surface area contributed by atoms with Crippen molar-refractivity contribution < 1.29 is 32.4 Å². The number of alkyl halides is 3. The number of nitrogens with zero attached hydrogens (tertiary/aromatic N) is 5. The van der Waals surface area contributed by atoms with Gasteiger partial charge in [-0.15, -0.1) is 0 Å². The van der Waals surface area contributed by atoms with Crippen LogP contribution in [0.3, 0.4) is 0 Å². The molecule has 0 saturated carbocycles. The third-order valence-electron chi connectivity index (χ3n) is 4.67. The molecule has 4 rings (SSSR count). The number of thioether (sulfide) groups is 1. The molecule has 1 atom stereocenters. The molecular weight excluding hydrogens is 431 g/mol. The highest BCUT2D eigenvalue weighted by Crippen LogP contribution is 2.48. The molecule has 1 fully saturated rings. The van der Waals surface area contributed by atoms with Gasteiger partial charge >= 0.3 is 17.8 Å². The van der Waals surface area contributed by atoms with Gasteiger partial charge in [-0.25, -0.2) is 14.8 Å². The van der Waals surface area contributed by atoms with E-state index in [0.717, 1.165) is 18.9 Å². The fourth-order valence-electron chi connectivity index (χ4n) is 3.21. The van der Waals surface area contributed by atoms with Crippen LogP contribution in [0.5, 0.6) is 0 Å². The molecule has 0 aliphatic carbocycles. The third-order valence-corrected chi connectivity index (χ3v) is 5.67. The number of esters is 1. The fourth-order valence-corrected chi connectivity index (χ4v) is 4.30. The maximum atomic E-state index is 14.1. The molecule has 0 N–H and O–H groups in total. The summed E-state index contributed by atoms with van der Waals surface area (Å²) in [4.78, 5) is 33.4. The number of hydrogen-bond acceptors (Lipinski definition) is 10. The van der Waals surface area contributed by atoms with E-state index in [-0.39, 0.29) is 43.1 Å². The number of non-ortho nitro benzene ring substituents is 1. The smallest absolute Gasteiger partial charge is 0.446 e. The summed E-state index contributed by atoms with van der Waals surface area (Å²) in [5.74, 6) is -1.82. The molecule has 14 heteroatoms. The van der Waals surface area contributed by atoms with Crippen LogP contribution in [0, 0.1) is 10.1 Å². The van der Waals surface area contributed by atoms with E-state index in [1.54, 1.807) is 4.90 Å². The first-order chi connectivity index (χ1) is 14.2. The van der Waals surface area contributed by atoms with Crippen molar-refractivity contribution in [2.75, 3.05) is 38.3 Å². The van der Waals surface area contributed by atoms with Gasteiger partial charge in [-0.3, -0.25) is 15.0 Å². The summed E-state index contributed by atoms with van der Waals surface area (Å²) in [5, 5.41) is 10.9. The quantitative estimate of drug-likeness (QED) is 0.386. The molecule has 0 unspecified atom stereocenters. The van der Waals surface area contributed by atoms with Crippen LogP contribution in [0.15, 0.2) is 33.1 Å². The summed E-state index contributed by atoms with van der Waals surface area (Å²) < 4.78 is 51.8. The number of carbonyl (C=O) groups is 1. The number of rotatable bonds is 2. The Morgan fingerprint density at radius 2 is 2.03 bits per heavy atom. The molecule has 10 nitrogen and oxygen atoms in total. The van der Waals surface area contributed by atoms with Gasteiger partial charge in [0.2, 0.25) is 5.96 Å². The monoisotopic (exact) mass is 445 g/mol. The molecule has 0 amide bonds. The van der Waals surface area contributed by atoms with Crippen LogP contribution in [-0.2, 0) is 14.3 Å². The van der Waals surface area contributed by atoms with Gasteiger partial charge < -0.3 is 14.4 Å². The average molecular weight is 445 g/mol. The maximum Gasteiger partial charge on any atom is 0.446 e. The molecule has 0 aromatic heterocycles. The number of anilines is 1. The van der Waals surface area contributed by atoms with E-state index in [2.05, 4.69) is 14.7 Å². The number of methoxy groups -OCH3 is 1. The Morgan fingerprint density at radius 3 is 2.63 bits per heavy atom. The van der Waals surface area contributed by atoms with Gasteiger partial charge in [0, 0.05) is 30.1 Å². The number of benzene rings is 1. The van der Waals surface area contributed by atoms with E-state index >= 15 is 0 Å². The second-order valence-electron chi connectivity index (χ2n) is 6.41. The van der Waals surface area contributed by atoms with Gasteiger partial charge in [-0.05, 0) is 17.8 Å². The first-order valence-corrected chi connectivity index (χ1v) is 9.43. The van der Waals surface area contributed by atoms with Crippen molar-refractivity contribution in [1.29, 1.82) is 0 Å². The molecule has 0 spiro atoms. The van der Waals surface area contributed by atoms with Crippen molar-refractivity contribution in [1.82, 2.24) is 4.90 Å². The van der Waals surface area contributed by atoms with E-state index in [1.807, 2.05) is 0 Å². The number of ether oxygens (including phenoxy) is 2. The van der Waals surface area contributed by atoms with Crippen LogP contribution in [0.2, 0.25) is 0 Å². The molecule has 1 aromatic carbocycles. The first-order valence-electron chi connectivity index (χ1n) is 8.62. The number of guanidine groups is 1. The lowest BCUT2D eigenvalue weighted by molar-refractivity contribution is -0.385. The van der Waals surface area contributed by atoms with Crippen molar-refractivity contribution in [2.45, 2.75) is 16.7 Å². The lowest BCUT2D eigenvalue weighted by Gasteiger charge is -2.39. The Balaban J connectivity index is 1.90. The summed E-state index contributed by atoms with van der Waals surface area (Å²) in [6, 6.07) is 3.90. The van der Waals surface area contributed by atoms with Crippen LogP contribution in [0.25, 0.3) is 0 Å². The van der Waals surface area contributed by atoms with E-state index < -0.39 is 22.7 Å². The van der Waals surface area contributed by atoms with Gasteiger partial charge in [0.1, 0.15) is 0 Å². The average Bonchev–Trinajstić information content (AvgIpc) is 3.09. The number of amidine groups is 1. The lowest BCUT2D eigenvalue weighted by atomic mass is 10.1. The molecule has 30 heavy (non-hydrogen) atoms. The number of fused-ring (bicyclic) bond motifs is 3. The second kappa shape index (κ2) is 7.12. The van der Waals surface area contributed by atoms with E-state index in [1.165, 1.54) is 23.1 Å². The van der Waals surface area contributed by atoms with Crippen LogP contribution in [0.1, 0.15) is 0 Å². The number of hydrogen-bond donors (Lipinski definition) is 0. The minimum absolute atomic E-state index is 0.147. The normalized spacial score (nSPS) is 23.3. The van der Waals surface area contributed by atoms with E-state index in [9.17, 15) is 28.1 Å². The Labute approximate surface area is 171 Å². The molecule has 0 radical (unpaired) electrons. The van der Waals surface area contributed by atoms with Crippen molar-refractivity contribution in [2.24, 2.45) is 9.98 Å². The summed E-state index contributed by atoms with van der Waals surface area (Å²) in [7, 11) is 0.826. The van der Waals surface area contributed by atoms with Crippen LogP contribution in [0.4, 0.5) is 24.5 Å². The zero-order valence-corrected chi connectivity index (χ0v) is 16.2. The first kappa shape index (κ1) is 20.4. The van der Waals surface area contributed by atoms with Gasteiger partial charge in [0.15, 0.2) is 5.17 Å². The van der Waals surface area contributed by atoms with E-state index in [0.29, 0.717) is 10.6 Å². The number of halogens is 3. The predicted molar refractivity (Wildman–Crippen MR) is 99.5 cm³/mol. The predicted octanol–water partition coefficient (Wildman–Crippen LogP) is 2.00. The summed E-state index contributed by atoms with van der Waals surface area (Å²) >= 11 is 0.791. The largest absolute Gasteiger partial charge is 0.465 e. The molecule has 160 valence electrons. The standard InChI is InChI=1S/C16H14F3N5O5S/c1-28-12(25)15(16(17,18)19)20-13(22-4-6-29-7-5-22)23-10-3-2-9(24(26)27)8-11(10)30-14(23)21-15/h2-3,8H,4-7H2,1H3/t15-/m1/s1. The van der Waals surface area contributed by atoms with Gasteiger partial charge in [0.05, 0.1) is 30.9 Å². The van der Waals surface area contributed by atoms with Crippen molar-refractivity contribution >= 4 is 40.2 Å². The number of nitro groups is 1. The zero-order chi connectivity index (χ0) is 21.7. The molecule has 3 aliphatic heterocycles. The Morgan fingerprint density at radius 1 is 1.33 bits per heavy atom. The maximum absolute atomic E-state index is 14.1. The Bertz CT molecular complexity index is 979. The van der Waals surface area contributed by atoms with Crippen molar-refractivity contribution in [3.05, 3.63) is 28.3 Å². The lowest BCUT2D eigenvalue weighted by Crippen LogP contribution is -2.59. The zero-order valence-electron chi connectivity index (χ0n) is 15.4. The van der Waals surface area contributed by atoms with Gasteiger partial charge in [0.25, 0.3) is 5.69 Å². The SMILES string of the molecule is COC(=O)[C@]1(C(F)(F)F)N=C2Sc3cc([N+](=O)[O-])ccc3N2C(N2CCOCC2)=N1. The van der Waals surface area contributed by atoms with Crippen LogP contribution < -0.4 is 4.90 Å². The highest BCUT2D eigenvalue weighted by Gasteiger charge is 2.66. The minimum atomic E-state index is -5.17. The number of aliphatic imine (C=N–C) groups is 2. The van der Waals surface area contributed by atoms with E-state index in [4.69, 9.17) is 4.74 Å². The van der Waals surface area contributed by atoms with Crippen molar-refractivity contribution in [3.8, 4) is 0 Å². The van der Waals surface area contributed by atoms with Gasteiger partial charge in [-0.1, -0.05) is 0 Å². The molecule has 1 aromatic rings. The number of carbonyl (C=O) groups excluding carboxylic acids is 1. The third kappa shape index (κ3) is 3.06. The highest BCUT2D eigenvalue weighted by molar-refractivity contribution is 8.15. The summed E-state index contributed by atoms with van der Waals surface area (Å²) in [5.41, 5.74) is -3.31. The molecule has 3 heterocycles.